The van der Waals surface area contributed by atoms with Gasteiger partial charge in [-0.15, -0.1) is 0 Å². The number of carbonyl (C=O) groups is 2. The number of amides is 2. The Morgan fingerprint density at radius 3 is 2.72 bits per heavy atom. The molecular formula is C22H33N3O4. The van der Waals surface area contributed by atoms with E-state index >= 15 is 0 Å². The average Bonchev–Trinajstić information content (AvgIpc) is 3.50. The molecule has 0 unspecified atom stereocenters. The highest BCUT2D eigenvalue weighted by molar-refractivity contribution is 5.94. The topological polar surface area (TPSA) is 82.1 Å². The van der Waals surface area contributed by atoms with Gasteiger partial charge in [0.15, 0.2) is 0 Å². The lowest BCUT2D eigenvalue weighted by atomic mass is 10.0. The van der Waals surface area contributed by atoms with Gasteiger partial charge < -0.3 is 25.0 Å². The number of anilines is 1. The Kier molecular flexibility index (Phi) is 6.80. The lowest BCUT2D eigenvalue weighted by Crippen LogP contribution is -2.47. The normalized spacial score (nSPS) is 23.5. The third-order valence-electron chi connectivity index (χ3n) is 5.68. The van der Waals surface area contributed by atoms with Gasteiger partial charge in [0.25, 0.3) is 0 Å². The Morgan fingerprint density at radius 1 is 1.38 bits per heavy atom. The number of hydrogen-bond acceptors (Lipinski definition) is 5. The zero-order valence-corrected chi connectivity index (χ0v) is 17.9. The SMILES string of the molecule is C[C@H]1CN([C@@H](C)CO)C(=O)Cc2cc(NC(=O)C3CC3)ccc2O[C@@H]1CN(C)C. The van der Waals surface area contributed by atoms with Crippen LogP contribution >= 0.6 is 0 Å². The molecule has 0 saturated heterocycles. The quantitative estimate of drug-likeness (QED) is 0.756. The summed E-state index contributed by atoms with van der Waals surface area (Å²) in [4.78, 5) is 29.0. The second kappa shape index (κ2) is 9.13. The second-order valence-corrected chi connectivity index (χ2v) is 8.74. The van der Waals surface area contributed by atoms with E-state index in [9.17, 15) is 14.7 Å². The van der Waals surface area contributed by atoms with E-state index in [1.54, 1.807) is 4.90 Å². The molecule has 0 radical (unpaired) electrons. The Morgan fingerprint density at radius 2 is 2.10 bits per heavy atom. The van der Waals surface area contributed by atoms with E-state index in [0.29, 0.717) is 18.0 Å². The number of aliphatic hydroxyl groups is 1. The van der Waals surface area contributed by atoms with Crippen LogP contribution in [0.4, 0.5) is 5.69 Å². The summed E-state index contributed by atoms with van der Waals surface area (Å²) >= 11 is 0. The molecule has 0 aromatic heterocycles. The molecule has 2 amide bonds. The van der Waals surface area contributed by atoms with E-state index in [2.05, 4.69) is 17.1 Å². The first-order valence-corrected chi connectivity index (χ1v) is 10.4. The molecule has 0 bridgehead atoms. The summed E-state index contributed by atoms with van der Waals surface area (Å²) in [5.74, 6) is 0.883. The van der Waals surface area contributed by atoms with Crippen LogP contribution in [0, 0.1) is 11.8 Å². The summed E-state index contributed by atoms with van der Waals surface area (Å²) in [6.07, 6.45) is 1.95. The van der Waals surface area contributed by atoms with E-state index in [4.69, 9.17) is 4.74 Å². The molecule has 3 atom stereocenters. The van der Waals surface area contributed by atoms with Crippen molar-refractivity contribution in [3.05, 3.63) is 23.8 Å². The summed E-state index contributed by atoms with van der Waals surface area (Å²) in [7, 11) is 4.00. The Hall–Kier alpha value is -2.12. The van der Waals surface area contributed by atoms with Crippen molar-refractivity contribution in [2.24, 2.45) is 11.8 Å². The zero-order chi connectivity index (χ0) is 21.1. The van der Waals surface area contributed by atoms with Crippen molar-refractivity contribution in [3.8, 4) is 5.75 Å². The molecule has 0 spiro atoms. The highest BCUT2D eigenvalue weighted by atomic mass is 16.5. The van der Waals surface area contributed by atoms with Gasteiger partial charge in [-0.25, -0.2) is 0 Å². The highest BCUT2D eigenvalue weighted by Gasteiger charge is 2.32. The van der Waals surface area contributed by atoms with Gasteiger partial charge in [0, 0.05) is 36.2 Å². The molecular weight excluding hydrogens is 370 g/mol. The molecule has 2 aliphatic rings. The van der Waals surface area contributed by atoms with Crippen LogP contribution in [0.2, 0.25) is 0 Å². The number of likely N-dealkylation sites (N-methyl/N-ethyl adjacent to an activating group) is 1. The van der Waals surface area contributed by atoms with Crippen molar-refractivity contribution < 1.29 is 19.4 Å². The van der Waals surface area contributed by atoms with Crippen molar-refractivity contribution in [1.82, 2.24) is 9.80 Å². The molecule has 1 heterocycles. The molecule has 1 aliphatic carbocycles. The van der Waals surface area contributed by atoms with Gasteiger partial charge in [-0.05, 0) is 52.1 Å². The number of rotatable bonds is 6. The number of hydrogen-bond donors (Lipinski definition) is 2. The van der Waals surface area contributed by atoms with Gasteiger partial charge in [-0.1, -0.05) is 6.92 Å². The standard InChI is InChI=1S/C22H33N3O4/c1-14-11-25(15(2)13-26)21(27)10-17-9-18(23-22(28)16-5-6-16)7-8-19(17)29-20(14)12-24(3)4/h7-9,14-16,20,26H,5-6,10-13H2,1-4H3,(H,23,28)/t14-,15-,20+/m0/s1. The fourth-order valence-corrected chi connectivity index (χ4v) is 3.67. The first kappa shape index (κ1) is 21.6. The van der Waals surface area contributed by atoms with E-state index in [1.165, 1.54) is 0 Å². The van der Waals surface area contributed by atoms with Crippen LogP contribution in [0.25, 0.3) is 0 Å². The van der Waals surface area contributed by atoms with Crippen molar-refractivity contribution in [1.29, 1.82) is 0 Å². The van der Waals surface area contributed by atoms with Gasteiger partial charge in [-0.2, -0.15) is 0 Å². The fourth-order valence-electron chi connectivity index (χ4n) is 3.67. The van der Waals surface area contributed by atoms with Crippen LogP contribution in [0.5, 0.6) is 5.75 Å². The van der Waals surface area contributed by atoms with E-state index < -0.39 is 0 Å². The molecule has 1 aliphatic heterocycles. The average molecular weight is 404 g/mol. The monoisotopic (exact) mass is 403 g/mol. The predicted molar refractivity (Wildman–Crippen MR) is 112 cm³/mol. The van der Waals surface area contributed by atoms with Gasteiger partial charge in [0.2, 0.25) is 11.8 Å². The molecule has 1 fully saturated rings. The van der Waals surface area contributed by atoms with Crippen molar-refractivity contribution in [2.45, 2.75) is 45.3 Å². The van der Waals surface area contributed by atoms with Crippen LogP contribution in [0.1, 0.15) is 32.3 Å². The van der Waals surface area contributed by atoms with Crippen molar-refractivity contribution in [2.75, 3.05) is 39.1 Å². The van der Waals surface area contributed by atoms with Gasteiger partial charge >= 0.3 is 0 Å². The van der Waals surface area contributed by atoms with Crippen LogP contribution in [0.15, 0.2) is 18.2 Å². The number of fused-ring (bicyclic) bond motifs is 1. The molecule has 1 aromatic rings. The summed E-state index contributed by atoms with van der Waals surface area (Å²) in [6, 6.07) is 5.28. The highest BCUT2D eigenvalue weighted by Crippen LogP contribution is 2.32. The third kappa shape index (κ3) is 5.48. The summed E-state index contributed by atoms with van der Waals surface area (Å²) in [5.41, 5.74) is 1.45. The lowest BCUT2D eigenvalue weighted by Gasteiger charge is -2.33. The molecule has 3 rings (SSSR count). The van der Waals surface area contributed by atoms with Crippen LogP contribution in [-0.2, 0) is 16.0 Å². The molecule has 29 heavy (non-hydrogen) atoms. The summed E-state index contributed by atoms with van der Waals surface area (Å²) < 4.78 is 6.37. The minimum Gasteiger partial charge on any atom is -0.488 e. The largest absolute Gasteiger partial charge is 0.488 e. The molecule has 1 saturated carbocycles. The number of ether oxygens (including phenoxy) is 1. The van der Waals surface area contributed by atoms with Crippen molar-refractivity contribution >= 4 is 17.5 Å². The number of nitrogens with one attached hydrogen (secondary N) is 1. The number of aliphatic hydroxyl groups excluding tert-OH is 1. The predicted octanol–water partition coefficient (Wildman–Crippen LogP) is 1.75. The molecule has 7 heteroatoms. The number of nitrogens with zero attached hydrogens (tertiary/aromatic N) is 2. The van der Waals surface area contributed by atoms with Crippen molar-refractivity contribution in [3.63, 3.8) is 0 Å². The maximum Gasteiger partial charge on any atom is 0.227 e. The number of benzene rings is 1. The van der Waals surface area contributed by atoms with Gasteiger partial charge in [-0.3, -0.25) is 9.59 Å². The van der Waals surface area contributed by atoms with E-state index in [-0.39, 0.29) is 48.8 Å². The first-order chi connectivity index (χ1) is 13.8. The maximum atomic E-state index is 13.1. The minimum atomic E-state index is -0.260. The molecule has 2 N–H and O–H groups in total. The number of carbonyl (C=O) groups excluding carboxylic acids is 2. The van der Waals surface area contributed by atoms with Crippen LogP contribution in [-0.4, -0.2) is 72.7 Å². The molecule has 7 nitrogen and oxygen atoms in total. The van der Waals surface area contributed by atoms with Gasteiger partial charge in [0.05, 0.1) is 19.1 Å². The lowest BCUT2D eigenvalue weighted by molar-refractivity contribution is -0.134. The smallest absolute Gasteiger partial charge is 0.227 e. The van der Waals surface area contributed by atoms with E-state index in [0.717, 1.165) is 24.9 Å². The first-order valence-electron chi connectivity index (χ1n) is 10.4. The summed E-state index contributed by atoms with van der Waals surface area (Å²) in [6.45, 7) is 5.10. The van der Waals surface area contributed by atoms with Crippen LogP contribution < -0.4 is 10.1 Å². The Balaban J connectivity index is 1.91. The fraction of sp³-hybridized carbons (Fsp3) is 0.636. The Labute approximate surface area is 173 Å². The van der Waals surface area contributed by atoms with Gasteiger partial charge in [0.1, 0.15) is 11.9 Å². The Bertz CT molecular complexity index is 748. The van der Waals surface area contributed by atoms with E-state index in [1.807, 2.05) is 39.2 Å². The molecule has 1 aromatic carbocycles. The van der Waals surface area contributed by atoms with Crippen LogP contribution in [0.3, 0.4) is 0 Å². The molecule has 160 valence electrons. The third-order valence-corrected chi connectivity index (χ3v) is 5.68. The second-order valence-electron chi connectivity index (χ2n) is 8.74. The zero-order valence-electron chi connectivity index (χ0n) is 17.9. The maximum absolute atomic E-state index is 13.1. The minimum absolute atomic E-state index is 0.0369. The summed E-state index contributed by atoms with van der Waals surface area (Å²) in [5, 5.41) is 12.6.